The Kier molecular flexibility index (Phi) is 5.93. The van der Waals surface area contributed by atoms with E-state index in [9.17, 15) is 15.2 Å². The third-order valence-corrected chi connectivity index (χ3v) is 3.65. The van der Waals surface area contributed by atoms with Crippen molar-refractivity contribution >= 4 is 29.0 Å². The van der Waals surface area contributed by atoms with Gasteiger partial charge in [-0.1, -0.05) is 11.6 Å². The molecule has 1 N–H and O–H groups in total. The Hall–Kier alpha value is -3.10. The summed E-state index contributed by atoms with van der Waals surface area (Å²) in [6.45, 7) is 1.89. The maximum absolute atomic E-state index is 11.7. The fourth-order valence-corrected chi connectivity index (χ4v) is 2.27. The lowest BCUT2D eigenvalue weighted by atomic mass is 10.1. The number of halogens is 1. The van der Waals surface area contributed by atoms with Crippen LogP contribution in [0, 0.1) is 18.3 Å². The number of nitriles is 1. The number of methoxy groups -OCH3 is 1. The van der Waals surface area contributed by atoms with Crippen molar-refractivity contribution in [1.82, 2.24) is 0 Å². The zero-order valence-corrected chi connectivity index (χ0v) is 14.5. The average molecular weight is 356 g/mol. The van der Waals surface area contributed by atoms with Gasteiger partial charge >= 0.3 is 5.97 Å². The minimum absolute atomic E-state index is 0.107. The summed E-state index contributed by atoms with van der Waals surface area (Å²) in [5, 5.41) is 20.5. The van der Waals surface area contributed by atoms with Crippen LogP contribution in [0.2, 0.25) is 5.02 Å². The van der Waals surface area contributed by atoms with Crippen LogP contribution in [0.25, 0.3) is 11.5 Å². The van der Waals surface area contributed by atoms with E-state index >= 15 is 0 Å². The maximum Gasteiger partial charge on any atom is 0.348 e. The molecule has 5 nitrogen and oxygen atoms in total. The van der Waals surface area contributed by atoms with E-state index in [0.717, 1.165) is 5.56 Å². The van der Waals surface area contributed by atoms with Crippen LogP contribution in [-0.4, -0.2) is 18.2 Å². The molecular formula is C19H16ClN2O3+. The van der Waals surface area contributed by atoms with E-state index in [1.807, 2.05) is 13.0 Å². The second-order valence-electron chi connectivity index (χ2n) is 5.19. The van der Waals surface area contributed by atoms with Crippen molar-refractivity contribution in [3.8, 4) is 6.07 Å². The molecule has 1 heterocycles. The molecule has 0 amide bonds. The number of hydrogen-bond donors (Lipinski definition) is 1. The van der Waals surface area contributed by atoms with Crippen LogP contribution >= 0.6 is 11.6 Å². The number of rotatable bonds is 4. The molecule has 1 aromatic carbocycles. The molecule has 25 heavy (non-hydrogen) atoms. The number of hydrogen-bond acceptors (Lipinski definition) is 4. The highest BCUT2D eigenvalue weighted by Gasteiger charge is 2.20. The number of aliphatic hydroxyl groups is 1. The van der Waals surface area contributed by atoms with E-state index in [0.29, 0.717) is 10.6 Å². The van der Waals surface area contributed by atoms with Gasteiger partial charge in [-0.2, -0.15) is 9.83 Å². The van der Waals surface area contributed by atoms with Crippen molar-refractivity contribution in [2.45, 2.75) is 6.92 Å². The molecule has 0 saturated heterocycles. The van der Waals surface area contributed by atoms with Crippen molar-refractivity contribution in [2.24, 2.45) is 0 Å². The van der Waals surface area contributed by atoms with Gasteiger partial charge in [0.15, 0.2) is 18.2 Å². The summed E-state index contributed by atoms with van der Waals surface area (Å²) >= 11 is 5.88. The summed E-state index contributed by atoms with van der Waals surface area (Å²) in [7, 11) is 1.19. The first kappa shape index (κ1) is 18.2. The Morgan fingerprint density at radius 1 is 1.32 bits per heavy atom. The fourth-order valence-electron chi connectivity index (χ4n) is 2.15. The summed E-state index contributed by atoms with van der Waals surface area (Å²) in [5.41, 5.74) is 1.46. The summed E-state index contributed by atoms with van der Waals surface area (Å²) in [6, 6.07) is 12.0. The van der Waals surface area contributed by atoms with Gasteiger partial charge in [-0.25, -0.2) is 4.79 Å². The number of carbonyl (C=O) groups excluding carboxylic acids is 1. The van der Waals surface area contributed by atoms with Crippen LogP contribution in [0.15, 0.2) is 60.4 Å². The Bertz CT molecular complexity index is 894. The number of nitrogens with zero attached hydrogens (tertiary/aromatic N) is 2. The number of carbonyl (C=O) groups is 1. The van der Waals surface area contributed by atoms with Crippen molar-refractivity contribution in [1.29, 1.82) is 5.26 Å². The highest BCUT2D eigenvalue weighted by molar-refractivity contribution is 6.30. The second kappa shape index (κ2) is 8.13. The van der Waals surface area contributed by atoms with Crippen molar-refractivity contribution in [2.75, 3.05) is 7.11 Å². The molecule has 0 aliphatic carbocycles. The quantitative estimate of drug-likeness (QED) is 0.228. The lowest BCUT2D eigenvalue weighted by molar-refractivity contribution is -0.578. The molecule has 0 unspecified atom stereocenters. The first-order chi connectivity index (χ1) is 12.0. The number of pyridine rings is 1. The SMILES string of the molecule is COC(=O)/C(C#N)=C/C(=C(\O)c1ccc(Cl)cc1)[n+]1cccc(C)c1. The number of allylic oxidation sites excluding steroid dienone is 2. The van der Waals surface area contributed by atoms with Crippen LogP contribution in [0.3, 0.4) is 0 Å². The summed E-state index contributed by atoms with van der Waals surface area (Å²) in [6.07, 6.45) is 4.76. The van der Waals surface area contributed by atoms with Gasteiger partial charge in [0.05, 0.1) is 7.11 Å². The summed E-state index contributed by atoms with van der Waals surface area (Å²) in [4.78, 5) is 11.7. The van der Waals surface area contributed by atoms with Gasteiger partial charge in [0, 0.05) is 28.3 Å². The number of ether oxygens (including phenoxy) is 1. The Balaban J connectivity index is 2.70. The first-order valence-electron chi connectivity index (χ1n) is 7.34. The third-order valence-electron chi connectivity index (χ3n) is 3.39. The molecule has 1 aromatic heterocycles. The van der Waals surface area contributed by atoms with Gasteiger partial charge in [-0.15, -0.1) is 0 Å². The first-order valence-corrected chi connectivity index (χ1v) is 7.71. The van der Waals surface area contributed by atoms with Gasteiger partial charge in [-0.3, -0.25) is 0 Å². The van der Waals surface area contributed by atoms with Gasteiger partial charge in [0.2, 0.25) is 0 Å². The smallest absolute Gasteiger partial charge is 0.348 e. The van der Waals surface area contributed by atoms with E-state index in [2.05, 4.69) is 4.74 Å². The van der Waals surface area contributed by atoms with E-state index in [4.69, 9.17) is 11.6 Å². The van der Waals surface area contributed by atoms with Gasteiger partial charge in [-0.05, 0) is 37.3 Å². The van der Waals surface area contributed by atoms with Crippen molar-refractivity contribution < 1.29 is 19.2 Å². The van der Waals surface area contributed by atoms with Gasteiger partial charge < -0.3 is 9.84 Å². The third kappa shape index (κ3) is 4.46. The van der Waals surface area contributed by atoms with E-state index in [1.54, 1.807) is 53.4 Å². The lowest BCUT2D eigenvalue weighted by Crippen LogP contribution is -2.32. The predicted octanol–water partition coefficient (Wildman–Crippen LogP) is 3.44. The molecule has 0 saturated carbocycles. The Labute approximate surface area is 150 Å². The zero-order valence-electron chi connectivity index (χ0n) is 13.7. The second-order valence-corrected chi connectivity index (χ2v) is 5.63. The van der Waals surface area contributed by atoms with Crippen molar-refractivity contribution in [3.63, 3.8) is 0 Å². The maximum atomic E-state index is 11.7. The van der Waals surface area contributed by atoms with Crippen molar-refractivity contribution in [3.05, 3.63) is 76.6 Å². The highest BCUT2D eigenvalue weighted by Crippen LogP contribution is 2.20. The molecule has 0 aliphatic heterocycles. The zero-order chi connectivity index (χ0) is 18.4. The molecule has 0 aliphatic rings. The monoisotopic (exact) mass is 355 g/mol. The number of benzene rings is 1. The van der Waals surface area contributed by atoms with E-state index in [-0.39, 0.29) is 17.0 Å². The topological polar surface area (TPSA) is 74.2 Å². The van der Waals surface area contributed by atoms with Crippen LogP contribution in [-0.2, 0) is 9.53 Å². The largest absolute Gasteiger partial charge is 0.502 e. The standard InChI is InChI=1S/C19H15ClN2O3/c1-13-4-3-9-22(12-13)17(10-15(11-21)19(24)25-2)18(23)14-5-7-16(20)8-6-14/h3-10,12H,1-2H3/p+1. The van der Waals surface area contributed by atoms with Crippen LogP contribution in [0.4, 0.5) is 0 Å². The minimum atomic E-state index is -0.780. The highest BCUT2D eigenvalue weighted by atomic mass is 35.5. The summed E-state index contributed by atoms with van der Waals surface area (Å²) in [5.74, 6) is -0.888. The van der Waals surface area contributed by atoms with Gasteiger partial charge in [0.25, 0.3) is 5.70 Å². The molecule has 126 valence electrons. The fraction of sp³-hybridized carbons (Fsp3) is 0.105. The minimum Gasteiger partial charge on any atom is -0.502 e. The molecule has 0 spiro atoms. The molecule has 0 fully saturated rings. The number of aromatic nitrogens is 1. The molecule has 6 heteroatoms. The number of esters is 1. The van der Waals surface area contributed by atoms with E-state index in [1.165, 1.54) is 13.2 Å². The number of aliphatic hydroxyl groups excluding tert-OH is 1. The number of aryl methyl sites for hydroxylation is 1. The van der Waals surface area contributed by atoms with Gasteiger partial charge in [0.1, 0.15) is 11.6 Å². The normalized spacial score (nSPS) is 12.2. The lowest BCUT2D eigenvalue weighted by Gasteiger charge is -2.05. The molecular weight excluding hydrogens is 340 g/mol. The Morgan fingerprint density at radius 3 is 2.56 bits per heavy atom. The molecule has 0 radical (unpaired) electrons. The van der Waals surface area contributed by atoms with Crippen LogP contribution < -0.4 is 4.57 Å². The Morgan fingerprint density at radius 2 is 2.00 bits per heavy atom. The average Bonchev–Trinajstić information content (AvgIpc) is 2.62. The van der Waals surface area contributed by atoms with E-state index < -0.39 is 5.97 Å². The molecule has 0 atom stereocenters. The van der Waals surface area contributed by atoms with Crippen LogP contribution in [0.1, 0.15) is 11.1 Å². The molecule has 2 rings (SSSR count). The predicted molar refractivity (Wildman–Crippen MR) is 94.3 cm³/mol. The van der Waals surface area contributed by atoms with Crippen LogP contribution in [0.5, 0.6) is 0 Å². The molecule has 2 aromatic rings. The molecule has 0 bridgehead atoms. The summed E-state index contributed by atoms with van der Waals surface area (Å²) < 4.78 is 6.23.